The average Bonchev–Trinajstić information content (AvgIpc) is 3.44. The number of hydrogen-bond donors (Lipinski definition) is 0. The van der Waals surface area contributed by atoms with Crippen LogP contribution in [-0.2, 0) is 6.18 Å². The standard InChI is InChI=1S/C26H29F3N4O2/c1-16-17(2)23(35-11-5-10-30-4)8-7-22(16)18(3)32-14-21-12-20(32)15-33(21)25(34)19-6-9-24(31-13-19)26(27,28)29/h6-9,13,18,20-21H,5,10-12,14-15H2,1-3H3/t18-,20-,21-/m0/s1. The van der Waals surface area contributed by atoms with Crippen molar-refractivity contribution in [1.29, 1.82) is 0 Å². The Morgan fingerprint density at radius 3 is 2.57 bits per heavy atom. The number of aromatic nitrogens is 1. The number of piperazine rings is 1. The molecule has 186 valence electrons. The number of ether oxygens (including phenoxy) is 1. The van der Waals surface area contributed by atoms with Gasteiger partial charge in [-0.1, -0.05) is 6.07 Å². The highest BCUT2D eigenvalue weighted by molar-refractivity contribution is 5.94. The van der Waals surface area contributed by atoms with Crippen molar-refractivity contribution in [3.05, 3.63) is 69.8 Å². The van der Waals surface area contributed by atoms with Crippen LogP contribution < -0.4 is 4.74 Å². The van der Waals surface area contributed by atoms with Gasteiger partial charge in [0.1, 0.15) is 11.4 Å². The van der Waals surface area contributed by atoms with Crippen LogP contribution in [0.1, 0.15) is 58.5 Å². The summed E-state index contributed by atoms with van der Waals surface area (Å²) in [5, 5.41) is 0. The van der Waals surface area contributed by atoms with Gasteiger partial charge in [0.15, 0.2) is 0 Å². The normalized spacial score (nSPS) is 20.7. The van der Waals surface area contributed by atoms with Gasteiger partial charge in [0.05, 0.1) is 18.6 Å². The van der Waals surface area contributed by atoms with Crippen molar-refractivity contribution in [2.45, 2.75) is 57.9 Å². The van der Waals surface area contributed by atoms with E-state index in [0.717, 1.165) is 36.5 Å². The number of hydrogen-bond acceptors (Lipinski definition) is 4. The van der Waals surface area contributed by atoms with Crippen molar-refractivity contribution in [3.63, 3.8) is 0 Å². The molecule has 2 aromatic rings. The van der Waals surface area contributed by atoms with E-state index < -0.39 is 11.9 Å². The van der Waals surface area contributed by atoms with Crippen LogP contribution >= 0.6 is 0 Å². The SMILES string of the molecule is [C-]#[N+]CCCOc1ccc([C@H](C)N2C[C@@H]3C[C@H]2CN3C(=O)c2ccc(C(F)(F)F)nc2)c(C)c1C. The van der Waals surface area contributed by atoms with Crippen LogP contribution in [-0.4, -0.2) is 59.0 Å². The van der Waals surface area contributed by atoms with E-state index in [4.69, 9.17) is 11.3 Å². The van der Waals surface area contributed by atoms with Gasteiger partial charge in [-0.2, -0.15) is 13.2 Å². The Kier molecular flexibility index (Phi) is 7.04. The fourth-order valence-corrected chi connectivity index (χ4v) is 5.20. The summed E-state index contributed by atoms with van der Waals surface area (Å²) in [5.41, 5.74) is 2.67. The molecule has 0 unspecified atom stereocenters. The smallest absolute Gasteiger partial charge is 0.433 e. The minimum Gasteiger partial charge on any atom is -0.493 e. The summed E-state index contributed by atoms with van der Waals surface area (Å²) in [5.74, 6) is 0.575. The van der Waals surface area contributed by atoms with E-state index in [-0.39, 0.29) is 29.6 Å². The third-order valence-electron chi connectivity index (χ3n) is 7.24. The fraction of sp³-hybridized carbons (Fsp3) is 0.500. The molecule has 0 aliphatic carbocycles. The number of amides is 1. The van der Waals surface area contributed by atoms with Gasteiger partial charge in [-0.3, -0.25) is 14.7 Å². The van der Waals surface area contributed by atoms with Gasteiger partial charge in [0.25, 0.3) is 5.91 Å². The van der Waals surface area contributed by atoms with Gasteiger partial charge in [-0.05, 0) is 62.1 Å². The first-order valence-electron chi connectivity index (χ1n) is 11.8. The summed E-state index contributed by atoms with van der Waals surface area (Å²) in [6, 6.07) is 6.55. The number of pyridine rings is 1. The number of alkyl halides is 3. The lowest BCUT2D eigenvalue weighted by atomic mass is 9.96. The zero-order valence-electron chi connectivity index (χ0n) is 20.1. The first kappa shape index (κ1) is 25.0. The maximum Gasteiger partial charge on any atom is 0.433 e. The highest BCUT2D eigenvalue weighted by Gasteiger charge is 2.47. The second-order valence-electron chi connectivity index (χ2n) is 9.29. The molecular weight excluding hydrogens is 457 g/mol. The van der Waals surface area contributed by atoms with Gasteiger partial charge >= 0.3 is 6.18 Å². The number of carbonyl (C=O) groups excluding carboxylic acids is 1. The molecule has 6 nitrogen and oxygen atoms in total. The highest BCUT2D eigenvalue weighted by Crippen LogP contribution is 2.39. The molecule has 35 heavy (non-hydrogen) atoms. The molecule has 2 bridgehead atoms. The molecule has 3 heterocycles. The molecule has 2 saturated heterocycles. The minimum absolute atomic E-state index is 0.0312. The second kappa shape index (κ2) is 9.86. The van der Waals surface area contributed by atoms with Crippen LogP contribution in [0.2, 0.25) is 0 Å². The van der Waals surface area contributed by atoms with E-state index >= 15 is 0 Å². The third-order valence-corrected chi connectivity index (χ3v) is 7.24. The minimum atomic E-state index is -4.52. The van der Waals surface area contributed by atoms with E-state index in [9.17, 15) is 18.0 Å². The largest absolute Gasteiger partial charge is 0.493 e. The van der Waals surface area contributed by atoms with Crippen LogP contribution in [0.25, 0.3) is 4.85 Å². The van der Waals surface area contributed by atoms with Crippen molar-refractivity contribution >= 4 is 5.91 Å². The van der Waals surface area contributed by atoms with Gasteiger partial charge < -0.3 is 14.5 Å². The van der Waals surface area contributed by atoms with Crippen LogP contribution in [0.5, 0.6) is 5.75 Å². The molecule has 0 spiro atoms. The molecule has 2 aliphatic heterocycles. The molecule has 2 aliphatic rings. The number of benzene rings is 1. The van der Waals surface area contributed by atoms with Crippen LogP contribution in [0.15, 0.2) is 30.5 Å². The predicted molar refractivity (Wildman–Crippen MR) is 125 cm³/mol. The van der Waals surface area contributed by atoms with Crippen molar-refractivity contribution in [1.82, 2.24) is 14.8 Å². The van der Waals surface area contributed by atoms with Gasteiger partial charge in [-0.25, -0.2) is 6.57 Å². The summed E-state index contributed by atoms with van der Waals surface area (Å²) < 4.78 is 44.2. The average molecular weight is 487 g/mol. The summed E-state index contributed by atoms with van der Waals surface area (Å²) in [7, 11) is 0. The van der Waals surface area contributed by atoms with Crippen molar-refractivity contribution in [3.8, 4) is 5.75 Å². The van der Waals surface area contributed by atoms with E-state index in [2.05, 4.69) is 34.6 Å². The van der Waals surface area contributed by atoms with E-state index in [1.807, 2.05) is 13.0 Å². The predicted octanol–water partition coefficient (Wildman–Crippen LogP) is 5.07. The highest BCUT2D eigenvalue weighted by atomic mass is 19.4. The summed E-state index contributed by atoms with van der Waals surface area (Å²) >= 11 is 0. The van der Waals surface area contributed by atoms with E-state index in [1.54, 1.807) is 4.90 Å². The molecule has 3 atom stereocenters. The zero-order valence-corrected chi connectivity index (χ0v) is 20.1. The lowest BCUT2D eigenvalue weighted by molar-refractivity contribution is -0.141. The Morgan fingerprint density at radius 2 is 1.97 bits per heavy atom. The van der Waals surface area contributed by atoms with E-state index in [1.165, 1.54) is 17.2 Å². The van der Waals surface area contributed by atoms with Crippen LogP contribution in [0.4, 0.5) is 13.2 Å². The number of fused-ring (bicyclic) bond motifs is 2. The Hall–Kier alpha value is -3.12. The summed E-state index contributed by atoms with van der Waals surface area (Å²) in [6.45, 7) is 15.4. The summed E-state index contributed by atoms with van der Waals surface area (Å²) in [4.78, 5) is 23.9. The van der Waals surface area contributed by atoms with Gasteiger partial charge in [0, 0.05) is 37.4 Å². The van der Waals surface area contributed by atoms with Gasteiger partial charge in [0.2, 0.25) is 6.54 Å². The topological polar surface area (TPSA) is 50.0 Å². The Balaban J connectivity index is 1.41. The molecule has 9 heteroatoms. The second-order valence-corrected chi connectivity index (χ2v) is 9.29. The Bertz CT molecular complexity index is 1130. The number of rotatable bonds is 7. The van der Waals surface area contributed by atoms with Crippen LogP contribution in [0.3, 0.4) is 0 Å². The lowest BCUT2D eigenvalue weighted by Crippen LogP contribution is -2.49. The zero-order chi connectivity index (χ0) is 25.3. The number of likely N-dealkylation sites (tertiary alicyclic amines) is 2. The molecule has 1 aromatic carbocycles. The molecule has 1 aromatic heterocycles. The first-order valence-corrected chi connectivity index (χ1v) is 11.8. The maximum atomic E-state index is 13.0. The molecule has 1 amide bonds. The van der Waals surface area contributed by atoms with E-state index in [0.29, 0.717) is 26.1 Å². The maximum absolute atomic E-state index is 13.0. The van der Waals surface area contributed by atoms with Gasteiger partial charge in [-0.15, -0.1) is 0 Å². The Morgan fingerprint density at radius 1 is 1.20 bits per heavy atom. The Labute approximate surface area is 203 Å². The van der Waals surface area contributed by atoms with Crippen molar-refractivity contribution in [2.24, 2.45) is 0 Å². The third kappa shape index (κ3) is 4.98. The molecule has 4 rings (SSSR count). The number of nitrogens with zero attached hydrogens (tertiary/aromatic N) is 4. The van der Waals surface area contributed by atoms with Crippen molar-refractivity contribution in [2.75, 3.05) is 26.2 Å². The number of carbonyl (C=O) groups is 1. The quantitative estimate of drug-likeness (QED) is 0.405. The molecular formula is C26H29F3N4O2. The molecule has 0 radical (unpaired) electrons. The molecule has 0 N–H and O–H groups in total. The summed E-state index contributed by atoms with van der Waals surface area (Å²) in [6.07, 6.45) is -1.95. The fourth-order valence-electron chi connectivity index (χ4n) is 5.20. The molecule has 0 saturated carbocycles. The van der Waals surface area contributed by atoms with Crippen LogP contribution in [0, 0.1) is 20.4 Å². The number of halogens is 3. The monoisotopic (exact) mass is 486 g/mol. The first-order chi connectivity index (χ1) is 16.6. The lowest BCUT2D eigenvalue weighted by Gasteiger charge is -2.38. The van der Waals surface area contributed by atoms with Crippen molar-refractivity contribution < 1.29 is 22.7 Å². The molecule has 2 fully saturated rings.